The number of nitrogens with zero attached hydrogens (tertiary/aromatic N) is 8. The number of furan rings is 3. The van der Waals surface area contributed by atoms with Gasteiger partial charge in [-0.2, -0.15) is 0 Å². The summed E-state index contributed by atoms with van der Waals surface area (Å²) in [6.07, 6.45) is 0. The topological polar surface area (TPSA) is 143 Å². The van der Waals surface area contributed by atoms with Crippen LogP contribution in [0.1, 0.15) is 114 Å². The lowest BCUT2D eigenvalue weighted by Crippen LogP contribution is -2.17. The third-order valence-corrected chi connectivity index (χ3v) is 22.9. The fourth-order valence-corrected chi connectivity index (χ4v) is 16.6. The van der Waals surface area contributed by atoms with Crippen LogP contribution >= 0.6 is 11.3 Å². The quantitative estimate of drug-likeness (QED) is 0.136. The normalized spacial score (nSPS) is 11.8. The smallest absolute Gasteiger partial charge is 0.136 e. The highest BCUT2D eigenvalue weighted by Crippen LogP contribution is 2.44. The molecule has 21 aromatic rings. The Balaban J connectivity index is 0.000000117. The number of hydrogen-bond donors (Lipinski definition) is 0. The van der Waals surface area contributed by atoms with Crippen molar-refractivity contribution in [3.8, 4) is 101 Å². The Bertz CT molecular complexity index is 7300. The molecular weight excluding hydrogens is 1530 g/mol. The minimum absolute atomic E-state index is 0. The average molecular weight is 1620 g/mol. The molecule has 11 nitrogen and oxygen atoms in total. The Morgan fingerprint density at radius 1 is 0.195 bits per heavy atom. The minimum Gasteiger partial charge on any atom is -0.456 e. The Labute approximate surface area is 722 Å². The van der Waals surface area contributed by atoms with Crippen LogP contribution in [0.4, 0.5) is 0 Å². The van der Waals surface area contributed by atoms with Gasteiger partial charge in [0.25, 0.3) is 0 Å². The van der Waals surface area contributed by atoms with Crippen molar-refractivity contribution in [1.82, 2.24) is 39.9 Å². The maximum absolute atomic E-state index is 6.17. The van der Waals surface area contributed by atoms with Gasteiger partial charge in [0.05, 0.1) is 45.6 Å². The molecule has 13 aromatic carbocycles. The summed E-state index contributed by atoms with van der Waals surface area (Å²) in [4.78, 5) is 39.7. The predicted molar refractivity (Wildman–Crippen MR) is 513 cm³/mol. The molecule has 0 saturated heterocycles. The van der Waals surface area contributed by atoms with Crippen LogP contribution in [0.2, 0.25) is 0 Å². The molecule has 604 valence electrons. The van der Waals surface area contributed by atoms with Crippen LogP contribution in [0.3, 0.4) is 0 Å². The molecule has 0 aliphatic carbocycles. The van der Waals surface area contributed by atoms with E-state index in [1.54, 1.807) is 0 Å². The Morgan fingerprint density at radius 2 is 0.455 bits per heavy atom. The van der Waals surface area contributed by atoms with Gasteiger partial charge < -0.3 is 13.3 Å². The molecule has 0 amide bonds. The van der Waals surface area contributed by atoms with Crippen molar-refractivity contribution in [1.29, 1.82) is 0 Å². The standard InChI is InChI=1S/C32H24N2O2.C26H22N2O.C26H22N2S.C26H24N2.CH4/c1-32(2,3)31-33-23(19-12-8-16-27-29(19)21-10-4-6-14-25(21)35-27)18-24(34-31)20-13-9-17-28-30(20)22-11-5-7-15-26(22)36-28;1-26(2,3)25-27-20(17-10-5-4-6-11-17)16-21(28-25)18-13-9-15-23-24(18)19-12-7-8-14-22(19)29-23;1-26(2,3)25-27-21(17-9-5-4-6-10-17)16-22(28-25)18-13-14-20-19-11-7-8-12-23(19)29-24(20)15-18;1-26(2,3)25-27-23(20-13-8-5-9-14-20)18-24(28-25)22-16-10-15-21(17-22)19-11-6-4-7-12-19;/h4-18H,1-3H3;2*4-16H,1-3H3;4-18H,1-3H3;1H4. The van der Waals surface area contributed by atoms with Crippen LogP contribution in [0.5, 0.6) is 0 Å². The zero-order chi connectivity index (χ0) is 84.0. The van der Waals surface area contributed by atoms with Crippen LogP contribution in [0.25, 0.3) is 187 Å². The van der Waals surface area contributed by atoms with Crippen molar-refractivity contribution >= 4 is 97.3 Å². The molecular formula is C111H96N8O3S. The largest absolute Gasteiger partial charge is 0.456 e. The lowest BCUT2D eigenvalue weighted by atomic mass is 9.94. The fraction of sp³-hybridized carbons (Fsp3) is 0.153. The Hall–Kier alpha value is -14.2. The van der Waals surface area contributed by atoms with E-state index in [1.807, 2.05) is 151 Å². The van der Waals surface area contributed by atoms with E-state index in [-0.39, 0.29) is 29.1 Å². The molecule has 0 unspecified atom stereocenters. The zero-order valence-electron chi connectivity index (χ0n) is 70.5. The summed E-state index contributed by atoms with van der Waals surface area (Å²) >= 11 is 1.84. The minimum atomic E-state index is -0.233. The van der Waals surface area contributed by atoms with Crippen LogP contribution in [0.15, 0.2) is 353 Å². The second kappa shape index (κ2) is 33.4. The number of benzene rings is 13. The summed E-state index contributed by atoms with van der Waals surface area (Å²) in [6, 6.07) is 117. The highest BCUT2D eigenvalue weighted by molar-refractivity contribution is 7.25. The van der Waals surface area contributed by atoms with E-state index in [2.05, 4.69) is 283 Å². The molecule has 0 N–H and O–H groups in total. The molecule has 0 aliphatic heterocycles. The summed E-state index contributed by atoms with van der Waals surface area (Å²) in [7, 11) is 0. The van der Waals surface area contributed by atoms with Gasteiger partial charge in [0, 0.05) is 119 Å². The summed E-state index contributed by atoms with van der Waals surface area (Å²) in [5.74, 6) is 3.35. The Kier molecular flexibility index (Phi) is 22.1. The molecule has 0 atom stereocenters. The van der Waals surface area contributed by atoms with Crippen molar-refractivity contribution in [2.45, 2.75) is 112 Å². The van der Waals surface area contributed by atoms with E-state index < -0.39 is 0 Å². The Morgan fingerprint density at radius 3 is 0.829 bits per heavy atom. The highest BCUT2D eigenvalue weighted by atomic mass is 32.1. The molecule has 0 fully saturated rings. The number of para-hydroxylation sites is 3. The van der Waals surface area contributed by atoms with E-state index in [0.29, 0.717) is 0 Å². The second-order valence-electron chi connectivity index (χ2n) is 35.0. The number of aromatic nitrogens is 8. The van der Waals surface area contributed by atoms with Gasteiger partial charge in [-0.3, -0.25) is 0 Å². The van der Waals surface area contributed by atoms with Crippen LogP contribution < -0.4 is 0 Å². The van der Waals surface area contributed by atoms with Gasteiger partial charge in [0.15, 0.2) is 0 Å². The first-order valence-corrected chi connectivity index (χ1v) is 42.3. The van der Waals surface area contributed by atoms with E-state index in [0.717, 1.165) is 179 Å². The lowest BCUT2D eigenvalue weighted by molar-refractivity contribution is 0.546. The summed E-state index contributed by atoms with van der Waals surface area (Å²) in [5, 5.41) is 9.15. The van der Waals surface area contributed by atoms with Gasteiger partial charge in [0.1, 0.15) is 56.8 Å². The molecule has 8 aromatic heterocycles. The van der Waals surface area contributed by atoms with Crippen LogP contribution in [0, 0.1) is 0 Å². The van der Waals surface area contributed by atoms with Gasteiger partial charge in [-0.15, -0.1) is 11.3 Å². The van der Waals surface area contributed by atoms with Gasteiger partial charge in [-0.25, -0.2) is 39.9 Å². The molecule has 21 rings (SSSR count). The summed E-state index contributed by atoms with van der Waals surface area (Å²) in [5.41, 5.74) is 23.1. The monoisotopic (exact) mass is 1620 g/mol. The molecule has 0 bridgehead atoms. The van der Waals surface area contributed by atoms with Crippen molar-refractivity contribution in [3.05, 3.63) is 363 Å². The van der Waals surface area contributed by atoms with Crippen molar-refractivity contribution in [3.63, 3.8) is 0 Å². The number of fused-ring (bicyclic) bond motifs is 12. The van der Waals surface area contributed by atoms with Crippen molar-refractivity contribution in [2.75, 3.05) is 0 Å². The van der Waals surface area contributed by atoms with Gasteiger partial charge in [-0.05, 0) is 90.0 Å². The van der Waals surface area contributed by atoms with E-state index in [9.17, 15) is 0 Å². The first kappa shape index (κ1) is 81.2. The summed E-state index contributed by atoms with van der Waals surface area (Å²) < 4.78 is 21.0. The first-order valence-electron chi connectivity index (χ1n) is 41.5. The molecule has 0 radical (unpaired) electrons. The van der Waals surface area contributed by atoms with Crippen molar-refractivity contribution in [2.24, 2.45) is 0 Å². The maximum atomic E-state index is 6.17. The molecule has 0 saturated carbocycles. The maximum Gasteiger partial charge on any atom is 0.136 e. The SMILES string of the molecule is C.CC(C)(C)c1nc(-c2cccc3oc4ccccc4c23)cc(-c2cccc3oc4ccccc4c23)n1.CC(C)(C)c1nc(-c2ccccc2)cc(-c2ccc3c(c2)sc2ccccc23)n1.CC(C)(C)c1nc(-c2ccccc2)cc(-c2cccc(-c3ccccc3)c2)n1.CC(C)(C)c1nc(-c2ccccc2)cc(-c2cccc3oc4ccccc4c23)n1. The molecule has 123 heavy (non-hydrogen) atoms. The zero-order valence-corrected chi connectivity index (χ0v) is 71.4. The number of rotatable bonds is 9. The van der Waals surface area contributed by atoms with Crippen LogP contribution in [-0.2, 0) is 21.7 Å². The molecule has 0 spiro atoms. The highest BCUT2D eigenvalue weighted by Gasteiger charge is 2.28. The van der Waals surface area contributed by atoms with Gasteiger partial charge in [0.2, 0.25) is 0 Å². The lowest BCUT2D eigenvalue weighted by Gasteiger charge is -2.19. The molecule has 0 aliphatic rings. The number of thiophene rings is 1. The first-order chi connectivity index (χ1) is 59.0. The van der Waals surface area contributed by atoms with E-state index >= 15 is 0 Å². The second-order valence-corrected chi connectivity index (χ2v) is 36.1. The summed E-state index contributed by atoms with van der Waals surface area (Å²) in [6.45, 7) is 25.8. The molecule has 8 heterocycles. The number of hydrogen-bond acceptors (Lipinski definition) is 12. The van der Waals surface area contributed by atoms with Crippen molar-refractivity contribution < 1.29 is 13.3 Å². The fourth-order valence-electron chi connectivity index (χ4n) is 15.4. The van der Waals surface area contributed by atoms with Gasteiger partial charge in [-0.1, -0.05) is 351 Å². The third kappa shape index (κ3) is 17.0. The average Bonchev–Trinajstić information content (AvgIpc) is 1.64. The van der Waals surface area contributed by atoms with E-state index in [4.69, 9.17) is 53.1 Å². The van der Waals surface area contributed by atoms with E-state index in [1.165, 1.54) is 31.3 Å². The predicted octanol–water partition coefficient (Wildman–Crippen LogP) is 30.8. The molecule has 12 heteroatoms. The van der Waals surface area contributed by atoms with Gasteiger partial charge >= 0.3 is 0 Å². The third-order valence-electron chi connectivity index (χ3n) is 21.8. The van der Waals surface area contributed by atoms with Crippen LogP contribution in [-0.4, -0.2) is 39.9 Å².